The van der Waals surface area contributed by atoms with E-state index in [2.05, 4.69) is 45.0 Å². The van der Waals surface area contributed by atoms with Crippen molar-refractivity contribution in [2.75, 3.05) is 33.7 Å². The number of rotatable bonds is 2. The summed E-state index contributed by atoms with van der Waals surface area (Å²) in [5.74, 6) is 0.938. The summed E-state index contributed by atoms with van der Waals surface area (Å²) in [5, 5.41) is 0. The van der Waals surface area contributed by atoms with Gasteiger partial charge in [0.05, 0.1) is 0 Å². The van der Waals surface area contributed by atoms with Crippen LogP contribution in [0.15, 0.2) is 0 Å². The summed E-state index contributed by atoms with van der Waals surface area (Å²) in [6.07, 6.45) is 2.76. The SMILES string of the molecule is CN(I)CC1CCN(C)CC1. The molecule has 66 valence electrons. The van der Waals surface area contributed by atoms with Gasteiger partial charge < -0.3 is 4.90 Å². The minimum atomic E-state index is 0.938. The topological polar surface area (TPSA) is 6.48 Å². The Balaban J connectivity index is 2.17. The summed E-state index contributed by atoms with van der Waals surface area (Å²) in [6, 6.07) is 0. The van der Waals surface area contributed by atoms with Crippen LogP contribution in [-0.2, 0) is 0 Å². The maximum absolute atomic E-state index is 2.42. The van der Waals surface area contributed by atoms with E-state index in [-0.39, 0.29) is 0 Å². The second-order valence-electron chi connectivity index (χ2n) is 3.53. The van der Waals surface area contributed by atoms with E-state index in [1.54, 1.807) is 0 Å². The van der Waals surface area contributed by atoms with Gasteiger partial charge in [-0.15, -0.1) is 0 Å². The summed E-state index contributed by atoms with van der Waals surface area (Å²) < 4.78 is 2.27. The summed E-state index contributed by atoms with van der Waals surface area (Å²) in [7, 11) is 4.36. The molecule has 0 aromatic heterocycles. The first kappa shape index (κ1) is 9.74. The molecule has 0 N–H and O–H groups in total. The first-order chi connectivity index (χ1) is 5.18. The molecule has 0 radical (unpaired) electrons. The zero-order valence-corrected chi connectivity index (χ0v) is 9.54. The van der Waals surface area contributed by atoms with Gasteiger partial charge in [-0.05, 0) is 45.9 Å². The lowest BCUT2D eigenvalue weighted by Gasteiger charge is -2.29. The van der Waals surface area contributed by atoms with Gasteiger partial charge in [0.15, 0.2) is 0 Å². The van der Waals surface area contributed by atoms with E-state index < -0.39 is 0 Å². The Hall–Kier alpha value is 0.650. The highest BCUT2D eigenvalue weighted by molar-refractivity contribution is 14.1. The van der Waals surface area contributed by atoms with Gasteiger partial charge in [0.25, 0.3) is 0 Å². The molecule has 1 fully saturated rings. The second-order valence-corrected chi connectivity index (χ2v) is 5.18. The van der Waals surface area contributed by atoms with Crippen LogP contribution in [0.3, 0.4) is 0 Å². The van der Waals surface area contributed by atoms with Crippen molar-refractivity contribution in [1.29, 1.82) is 0 Å². The molecule has 0 amide bonds. The molecule has 0 aromatic rings. The molecule has 0 saturated carbocycles. The average molecular weight is 268 g/mol. The third kappa shape index (κ3) is 3.71. The lowest BCUT2D eigenvalue weighted by atomic mass is 9.97. The van der Waals surface area contributed by atoms with Crippen LogP contribution in [-0.4, -0.2) is 41.7 Å². The molecule has 1 aliphatic rings. The van der Waals surface area contributed by atoms with E-state index in [0.717, 1.165) is 5.92 Å². The number of hydrogen-bond donors (Lipinski definition) is 0. The van der Waals surface area contributed by atoms with Crippen molar-refractivity contribution < 1.29 is 0 Å². The van der Waals surface area contributed by atoms with Crippen molar-refractivity contribution in [3.05, 3.63) is 0 Å². The summed E-state index contributed by atoms with van der Waals surface area (Å²) >= 11 is 2.37. The Labute approximate surface area is 83.4 Å². The van der Waals surface area contributed by atoms with E-state index in [9.17, 15) is 0 Å². The number of piperidine rings is 1. The molecule has 0 aromatic carbocycles. The van der Waals surface area contributed by atoms with Gasteiger partial charge in [0.2, 0.25) is 0 Å². The van der Waals surface area contributed by atoms with Crippen molar-refractivity contribution in [2.24, 2.45) is 5.92 Å². The monoisotopic (exact) mass is 268 g/mol. The number of halogens is 1. The molecule has 0 unspecified atom stereocenters. The average Bonchev–Trinajstić information content (AvgIpc) is 1.93. The summed E-state index contributed by atoms with van der Waals surface area (Å²) in [6.45, 7) is 3.83. The van der Waals surface area contributed by atoms with Gasteiger partial charge >= 0.3 is 0 Å². The van der Waals surface area contributed by atoms with E-state index in [1.807, 2.05) is 0 Å². The highest BCUT2D eigenvalue weighted by atomic mass is 127. The van der Waals surface area contributed by atoms with E-state index in [4.69, 9.17) is 0 Å². The largest absolute Gasteiger partial charge is 0.306 e. The molecule has 1 aliphatic heterocycles. The number of nitrogens with zero attached hydrogens (tertiary/aromatic N) is 2. The molecule has 3 heteroatoms. The number of hydrogen-bond acceptors (Lipinski definition) is 2. The van der Waals surface area contributed by atoms with E-state index in [0.29, 0.717) is 0 Å². The summed E-state index contributed by atoms with van der Waals surface area (Å²) in [4.78, 5) is 2.42. The Morgan fingerprint density at radius 2 is 2.00 bits per heavy atom. The van der Waals surface area contributed by atoms with Crippen LogP contribution in [0.2, 0.25) is 0 Å². The van der Waals surface area contributed by atoms with Crippen LogP contribution < -0.4 is 0 Å². The van der Waals surface area contributed by atoms with Crippen LogP contribution in [0.4, 0.5) is 0 Å². The smallest absolute Gasteiger partial charge is 0.0198 e. The molecule has 11 heavy (non-hydrogen) atoms. The third-order valence-electron chi connectivity index (χ3n) is 2.35. The highest BCUT2D eigenvalue weighted by Crippen LogP contribution is 2.17. The first-order valence-corrected chi connectivity index (χ1v) is 5.20. The Bertz CT molecular complexity index is 109. The van der Waals surface area contributed by atoms with Gasteiger partial charge in [-0.2, -0.15) is 0 Å². The van der Waals surface area contributed by atoms with Gasteiger partial charge in [-0.3, -0.25) is 3.11 Å². The van der Waals surface area contributed by atoms with Gasteiger partial charge in [0.1, 0.15) is 0 Å². The third-order valence-corrected chi connectivity index (χ3v) is 2.74. The molecule has 0 atom stereocenters. The minimum absolute atomic E-state index is 0.938. The maximum Gasteiger partial charge on any atom is 0.0198 e. The van der Waals surface area contributed by atoms with Gasteiger partial charge in [-0.1, -0.05) is 0 Å². The number of likely N-dealkylation sites (tertiary alicyclic amines) is 1. The fourth-order valence-electron chi connectivity index (χ4n) is 1.60. The molecular weight excluding hydrogens is 251 g/mol. The van der Waals surface area contributed by atoms with Crippen LogP contribution in [0.25, 0.3) is 0 Å². The molecule has 1 rings (SSSR count). The lowest BCUT2D eigenvalue weighted by Crippen LogP contribution is -2.33. The van der Waals surface area contributed by atoms with Crippen LogP contribution in [0.5, 0.6) is 0 Å². The molecule has 2 nitrogen and oxygen atoms in total. The van der Waals surface area contributed by atoms with Crippen LogP contribution in [0, 0.1) is 5.92 Å². The molecular formula is C8H17IN2. The van der Waals surface area contributed by atoms with Crippen molar-refractivity contribution in [3.63, 3.8) is 0 Å². The maximum atomic E-state index is 2.42. The van der Waals surface area contributed by atoms with Crippen LogP contribution >= 0.6 is 22.9 Å². The quantitative estimate of drug-likeness (QED) is 0.554. The van der Waals surface area contributed by atoms with Crippen LogP contribution in [0.1, 0.15) is 12.8 Å². The van der Waals surface area contributed by atoms with Gasteiger partial charge in [-0.25, -0.2) is 0 Å². The molecule has 1 saturated heterocycles. The van der Waals surface area contributed by atoms with Crippen molar-refractivity contribution in [2.45, 2.75) is 12.8 Å². The second kappa shape index (κ2) is 4.62. The van der Waals surface area contributed by atoms with E-state index >= 15 is 0 Å². The molecule has 0 aliphatic carbocycles. The summed E-state index contributed by atoms with van der Waals surface area (Å²) in [5.41, 5.74) is 0. The Morgan fingerprint density at radius 3 is 2.45 bits per heavy atom. The Kier molecular flexibility index (Phi) is 4.09. The fraction of sp³-hybridized carbons (Fsp3) is 1.00. The zero-order chi connectivity index (χ0) is 8.27. The van der Waals surface area contributed by atoms with Crippen molar-refractivity contribution >= 4 is 22.9 Å². The zero-order valence-electron chi connectivity index (χ0n) is 7.39. The Morgan fingerprint density at radius 1 is 1.45 bits per heavy atom. The normalized spacial score (nSPS) is 22.9. The van der Waals surface area contributed by atoms with Crippen molar-refractivity contribution in [1.82, 2.24) is 8.01 Å². The lowest BCUT2D eigenvalue weighted by molar-refractivity contribution is 0.208. The predicted molar refractivity (Wildman–Crippen MR) is 56.9 cm³/mol. The van der Waals surface area contributed by atoms with Crippen molar-refractivity contribution in [3.8, 4) is 0 Å². The highest BCUT2D eigenvalue weighted by Gasteiger charge is 2.16. The van der Waals surface area contributed by atoms with E-state index in [1.165, 1.54) is 32.5 Å². The van der Waals surface area contributed by atoms with Gasteiger partial charge in [0, 0.05) is 29.4 Å². The molecule has 1 heterocycles. The minimum Gasteiger partial charge on any atom is -0.306 e. The molecule has 0 spiro atoms. The standard InChI is InChI=1S/C8H17IN2/c1-10-5-3-8(4-6-10)7-11(2)9/h8H,3-7H2,1-2H3. The molecule has 0 bridgehead atoms. The first-order valence-electron chi connectivity index (χ1n) is 4.24. The fourth-order valence-corrected chi connectivity index (χ4v) is 2.16. The predicted octanol–water partition coefficient (Wildman–Crippen LogP) is 1.61.